The molecule has 3 N–H and O–H groups in total. The molecule has 11 heteroatoms. The van der Waals surface area contributed by atoms with Crippen LogP contribution in [0.5, 0.6) is 0 Å². The Morgan fingerprint density at radius 3 is 2.48 bits per heavy atom. The molecule has 8 nitrogen and oxygen atoms in total. The van der Waals surface area contributed by atoms with Crippen molar-refractivity contribution in [2.75, 3.05) is 38.5 Å². The highest BCUT2D eigenvalue weighted by atomic mass is 19.4. The van der Waals surface area contributed by atoms with Gasteiger partial charge in [-0.3, -0.25) is 9.69 Å². The van der Waals surface area contributed by atoms with Crippen molar-refractivity contribution in [1.29, 1.82) is 0 Å². The first-order valence-electron chi connectivity index (χ1n) is 13.7. The maximum atomic E-state index is 14.0. The van der Waals surface area contributed by atoms with Crippen molar-refractivity contribution in [2.45, 2.75) is 32.5 Å². The van der Waals surface area contributed by atoms with E-state index in [9.17, 15) is 27.9 Å². The van der Waals surface area contributed by atoms with Crippen molar-refractivity contribution in [1.82, 2.24) is 19.8 Å². The topological polar surface area (TPSA) is 102 Å². The number of aryl methyl sites for hydroxylation is 3. The molecule has 0 aliphatic carbocycles. The maximum Gasteiger partial charge on any atom is 0.416 e. The lowest BCUT2D eigenvalue weighted by atomic mass is 10.00. The molecule has 2 aromatic heterocycles. The molecule has 5 rings (SSSR count). The number of aromatic amines is 1. The Bertz CT molecular complexity index is 1620. The van der Waals surface area contributed by atoms with Crippen LogP contribution in [0.4, 0.5) is 18.9 Å². The molecule has 4 aromatic rings. The van der Waals surface area contributed by atoms with Crippen LogP contribution < -0.4 is 5.32 Å². The summed E-state index contributed by atoms with van der Waals surface area (Å²) in [6.07, 6.45) is -1.64. The van der Waals surface area contributed by atoms with Crippen molar-refractivity contribution in [3.63, 3.8) is 0 Å². The Labute approximate surface area is 241 Å². The van der Waals surface area contributed by atoms with Gasteiger partial charge in [0, 0.05) is 55.6 Å². The molecule has 0 radical (unpaired) electrons. The molecule has 0 bridgehead atoms. The number of pyridine rings is 1. The number of benzene rings is 2. The van der Waals surface area contributed by atoms with E-state index >= 15 is 0 Å². The van der Waals surface area contributed by atoms with Crippen molar-refractivity contribution >= 4 is 28.6 Å². The van der Waals surface area contributed by atoms with Crippen molar-refractivity contribution in [2.24, 2.45) is 0 Å². The van der Waals surface area contributed by atoms with Crippen molar-refractivity contribution < 1.29 is 27.9 Å². The third kappa shape index (κ3) is 6.80. The molecule has 42 heavy (non-hydrogen) atoms. The molecule has 1 fully saturated rings. The molecule has 1 aliphatic heterocycles. The summed E-state index contributed by atoms with van der Waals surface area (Å²) in [6, 6.07) is 12.6. The van der Waals surface area contributed by atoms with Gasteiger partial charge in [-0.2, -0.15) is 13.2 Å². The fourth-order valence-electron chi connectivity index (χ4n) is 5.18. The first-order valence-corrected chi connectivity index (χ1v) is 13.7. The summed E-state index contributed by atoms with van der Waals surface area (Å²) in [7, 11) is 1.99. The van der Waals surface area contributed by atoms with E-state index in [1.54, 1.807) is 18.3 Å². The van der Waals surface area contributed by atoms with E-state index < -0.39 is 23.6 Å². The summed E-state index contributed by atoms with van der Waals surface area (Å²) in [5, 5.41) is 12.6. The standard InChI is InChI=1S/C31H32F3N5O3/c1-19-3-8-25(14-21(19)5-4-20-13-24-16-27(30(41)42)37-28(24)35-17-20)36-29(40)22-6-7-23(26(15-22)31(32,33)34)18-39-11-9-38(2)10-12-39/h3,6-8,13-17H,4-5,9-12,18H2,1-2H3,(H,35,37)(H,36,40)(H,41,42). The lowest BCUT2D eigenvalue weighted by Gasteiger charge is -2.33. The highest BCUT2D eigenvalue weighted by Crippen LogP contribution is 2.34. The normalized spacial score (nSPS) is 14.8. The molecule has 0 atom stereocenters. The van der Waals surface area contributed by atoms with Gasteiger partial charge in [-0.1, -0.05) is 12.1 Å². The van der Waals surface area contributed by atoms with Crippen LogP contribution in [-0.4, -0.2) is 70.0 Å². The highest BCUT2D eigenvalue weighted by Gasteiger charge is 2.34. The van der Waals surface area contributed by atoms with Crippen LogP contribution in [0.15, 0.2) is 54.7 Å². The van der Waals surface area contributed by atoms with Gasteiger partial charge in [-0.15, -0.1) is 0 Å². The molecule has 0 saturated carbocycles. The van der Waals surface area contributed by atoms with Gasteiger partial charge < -0.3 is 20.3 Å². The summed E-state index contributed by atoms with van der Waals surface area (Å²) in [5.74, 6) is -1.67. The number of fused-ring (bicyclic) bond motifs is 1. The summed E-state index contributed by atoms with van der Waals surface area (Å²) in [6.45, 7) is 5.10. The van der Waals surface area contributed by atoms with Crippen LogP contribution in [0.2, 0.25) is 0 Å². The average Bonchev–Trinajstić information content (AvgIpc) is 3.38. The number of carboxylic acids is 1. The number of alkyl halides is 3. The van der Waals surface area contributed by atoms with Crippen LogP contribution in [0.25, 0.3) is 11.0 Å². The number of hydrogen-bond acceptors (Lipinski definition) is 5. The van der Waals surface area contributed by atoms with E-state index in [0.29, 0.717) is 42.7 Å². The number of nitrogens with one attached hydrogen (secondary N) is 2. The first-order chi connectivity index (χ1) is 20.0. The zero-order valence-corrected chi connectivity index (χ0v) is 23.4. The molecule has 3 heterocycles. The van der Waals surface area contributed by atoms with Gasteiger partial charge >= 0.3 is 12.1 Å². The third-order valence-corrected chi connectivity index (χ3v) is 7.71. The molecule has 0 spiro atoms. The van der Waals surface area contributed by atoms with Gasteiger partial charge in [0.05, 0.1) is 5.56 Å². The number of H-pyrrole nitrogens is 1. The van der Waals surface area contributed by atoms with Crippen LogP contribution >= 0.6 is 0 Å². The first kappa shape index (κ1) is 29.3. The number of amides is 1. The van der Waals surface area contributed by atoms with Gasteiger partial charge in [0.25, 0.3) is 5.91 Å². The average molecular weight is 580 g/mol. The van der Waals surface area contributed by atoms with Crippen molar-refractivity contribution in [3.8, 4) is 0 Å². The molecule has 220 valence electrons. The monoisotopic (exact) mass is 579 g/mol. The third-order valence-electron chi connectivity index (χ3n) is 7.71. The van der Waals surface area contributed by atoms with Gasteiger partial charge in [0.15, 0.2) is 0 Å². The van der Waals surface area contributed by atoms with Gasteiger partial charge in [0.1, 0.15) is 11.3 Å². The number of piperazine rings is 1. The molecular weight excluding hydrogens is 547 g/mol. The molecule has 1 amide bonds. The predicted octanol–water partition coefficient (Wildman–Crippen LogP) is 5.37. The van der Waals surface area contributed by atoms with E-state index in [1.165, 1.54) is 12.1 Å². The second-order valence-corrected chi connectivity index (χ2v) is 10.8. The quantitative estimate of drug-likeness (QED) is 0.259. The van der Waals surface area contributed by atoms with Crippen LogP contribution in [0.3, 0.4) is 0 Å². The number of carbonyl (C=O) groups is 2. The molecule has 2 aromatic carbocycles. The summed E-state index contributed by atoms with van der Waals surface area (Å²) < 4.78 is 42.0. The smallest absolute Gasteiger partial charge is 0.416 e. The Hall–Kier alpha value is -4.22. The lowest BCUT2D eigenvalue weighted by molar-refractivity contribution is -0.138. The van der Waals surface area contributed by atoms with Gasteiger partial charge in [0.2, 0.25) is 0 Å². The van der Waals surface area contributed by atoms with Crippen LogP contribution in [0.1, 0.15) is 48.7 Å². The number of aromatic carboxylic acids is 1. The zero-order valence-electron chi connectivity index (χ0n) is 23.4. The van der Waals surface area contributed by atoms with Gasteiger partial charge in [-0.25, -0.2) is 9.78 Å². The Balaban J connectivity index is 1.28. The maximum absolute atomic E-state index is 14.0. The number of aromatic nitrogens is 2. The molecule has 0 unspecified atom stereocenters. The zero-order chi connectivity index (χ0) is 30.0. The number of likely N-dealkylation sites (N-methyl/N-ethyl adjacent to an activating group) is 1. The van der Waals surface area contributed by atoms with E-state index in [-0.39, 0.29) is 23.4 Å². The van der Waals surface area contributed by atoms with E-state index in [1.807, 2.05) is 37.1 Å². The Kier molecular flexibility index (Phi) is 8.33. The number of carboxylic acid groups (broad SMARTS) is 1. The number of rotatable bonds is 8. The number of carbonyl (C=O) groups excluding carboxylic acids is 1. The SMILES string of the molecule is Cc1ccc(NC(=O)c2ccc(CN3CCN(C)CC3)c(C(F)(F)F)c2)cc1CCc1cnc2[nH]c(C(=O)O)cc2c1. The molecule has 1 aliphatic rings. The summed E-state index contributed by atoms with van der Waals surface area (Å²) >= 11 is 0. The summed E-state index contributed by atoms with van der Waals surface area (Å²) in [4.78, 5) is 35.5. The number of nitrogens with zero attached hydrogens (tertiary/aromatic N) is 3. The predicted molar refractivity (Wildman–Crippen MR) is 154 cm³/mol. The Morgan fingerprint density at radius 2 is 1.76 bits per heavy atom. The largest absolute Gasteiger partial charge is 0.477 e. The second-order valence-electron chi connectivity index (χ2n) is 10.8. The fraction of sp³-hybridized carbons (Fsp3) is 0.323. The fourth-order valence-corrected chi connectivity index (χ4v) is 5.18. The minimum atomic E-state index is -4.58. The minimum absolute atomic E-state index is 0.0572. The van der Waals surface area contributed by atoms with Crippen LogP contribution in [0, 0.1) is 6.92 Å². The van der Waals surface area contributed by atoms with Gasteiger partial charge in [-0.05, 0) is 85.5 Å². The van der Waals surface area contributed by atoms with E-state index in [4.69, 9.17) is 0 Å². The number of halogens is 3. The van der Waals surface area contributed by atoms with E-state index in [2.05, 4.69) is 20.2 Å². The highest BCUT2D eigenvalue weighted by molar-refractivity contribution is 6.04. The van der Waals surface area contributed by atoms with E-state index in [0.717, 1.165) is 35.8 Å². The molecule has 1 saturated heterocycles. The molecular formula is C31H32F3N5O3. The summed E-state index contributed by atoms with van der Waals surface area (Å²) in [5.41, 5.74) is 3.26. The number of hydrogen-bond donors (Lipinski definition) is 3. The Morgan fingerprint density at radius 1 is 1.00 bits per heavy atom. The minimum Gasteiger partial charge on any atom is -0.477 e. The lowest BCUT2D eigenvalue weighted by Crippen LogP contribution is -2.44. The second kappa shape index (κ2) is 11.9. The number of anilines is 1. The van der Waals surface area contributed by atoms with Crippen molar-refractivity contribution in [3.05, 3.63) is 93.8 Å². The van der Waals surface area contributed by atoms with Crippen LogP contribution in [-0.2, 0) is 25.6 Å².